The van der Waals surface area contributed by atoms with Gasteiger partial charge in [0, 0.05) is 35.9 Å². The van der Waals surface area contributed by atoms with Gasteiger partial charge in [0.05, 0.1) is 23.7 Å². The van der Waals surface area contributed by atoms with Gasteiger partial charge in [0.1, 0.15) is 17.7 Å². The molecule has 3 heterocycles. The largest absolute Gasteiger partial charge is 0.433 e. The quantitative estimate of drug-likeness (QED) is 0.512. The van der Waals surface area contributed by atoms with Crippen molar-refractivity contribution >= 4 is 28.8 Å². The van der Waals surface area contributed by atoms with E-state index in [0.717, 1.165) is 44.4 Å². The molecule has 0 spiro atoms. The number of likely N-dealkylation sites (tertiary alicyclic amines) is 1. The van der Waals surface area contributed by atoms with Gasteiger partial charge in [-0.2, -0.15) is 18.3 Å². The van der Waals surface area contributed by atoms with E-state index in [9.17, 15) is 27.9 Å². The molecule has 35 heavy (non-hydrogen) atoms. The number of alkyl halides is 3. The van der Waals surface area contributed by atoms with Gasteiger partial charge in [0.25, 0.3) is 5.91 Å². The van der Waals surface area contributed by atoms with Crippen molar-refractivity contribution < 1.29 is 27.9 Å². The van der Waals surface area contributed by atoms with Gasteiger partial charge in [-0.25, -0.2) is 4.98 Å². The molecule has 0 saturated carbocycles. The van der Waals surface area contributed by atoms with E-state index in [-0.39, 0.29) is 17.4 Å². The fraction of sp³-hybridized carbons (Fsp3) is 0.417. The van der Waals surface area contributed by atoms with E-state index in [1.807, 2.05) is 10.9 Å². The molecule has 1 fully saturated rings. The maximum Gasteiger partial charge on any atom is 0.433 e. The Hall–Kier alpha value is -3.31. The number of nitrogens with one attached hydrogen (secondary N) is 1. The summed E-state index contributed by atoms with van der Waals surface area (Å²) in [7, 11) is 0. The molecule has 186 valence electrons. The summed E-state index contributed by atoms with van der Waals surface area (Å²) in [5.41, 5.74) is -1.66. The zero-order valence-electron chi connectivity index (χ0n) is 19.3. The molecule has 2 aromatic heterocycles. The summed E-state index contributed by atoms with van der Waals surface area (Å²) >= 11 is 0. The number of piperidine rings is 1. The Morgan fingerprint density at radius 1 is 1.23 bits per heavy atom. The lowest BCUT2D eigenvalue weighted by Gasteiger charge is -2.30. The van der Waals surface area contributed by atoms with Crippen LogP contribution in [0.15, 0.2) is 36.5 Å². The van der Waals surface area contributed by atoms with E-state index >= 15 is 0 Å². The van der Waals surface area contributed by atoms with E-state index in [0.29, 0.717) is 23.0 Å². The first-order valence-corrected chi connectivity index (χ1v) is 11.2. The molecule has 1 amide bonds. The standard InChI is InChI=1S/C24H26F3N5O3/c1-23(2,35)17-13-19-15(14-32(30-19)16-6-8-31(9-7-16)10-11-33)12-20(17)29-22(34)18-4-3-5-21(28-18)24(25,26)27/h3-5,11-14,16,35H,6-10H2,1-2H3,(H,29,34). The number of aldehydes is 1. The number of benzene rings is 1. The third-order valence-corrected chi connectivity index (χ3v) is 6.10. The molecule has 3 aromatic rings. The lowest BCUT2D eigenvalue weighted by molar-refractivity contribution is -0.141. The molecule has 8 nitrogen and oxygen atoms in total. The van der Waals surface area contributed by atoms with Crippen LogP contribution in [0.5, 0.6) is 0 Å². The maximum atomic E-state index is 13.0. The number of carbonyl (C=O) groups is 2. The molecule has 4 rings (SSSR count). The number of amides is 1. The van der Waals surface area contributed by atoms with E-state index in [1.165, 1.54) is 6.07 Å². The second-order valence-electron chi connectivity index (χ2n) is 9.18. The molecular formula is C24H26F3N5O3. The molecule has 1 aliphatic heterocycles. The highest BCUT2D eigenvalue weighted by Crippen LogP contribution is 2.34. The minimum atomic E-state index is -4.68. The maximum absolute atomic E-state index is 13.0. The normalized spacial score (nSPS) is 15.9. The van der Waals surface area contributed by atoms with Gasteiger partial charge in [0.2, 0.25) is 0 Å². The molecule has 1 saturated heterocycles. The number of nitrogens with zero attached hydrogens (tertiary/aromatic N) is 4. The topological polar surface area (TPSA) is 100 Å². The summed E-state index contributed by atoms with van der Waals surface area (Å²) in [6.45, 7) is 5.06. The molecular weight excluding hydrogens is 463 g/mol. The van der Waals surface area contributed by atoms with Gasteiger partial charge in [-0.1, -0.05) is 6.07 Å². The SMILES string of the molecule is CC(C)(O)c1cc2nn(C3CCN(CC=O)CC3)cc2cc1NC(=O)c1cccc(C(F)(F)F)n1. The molecule has 1 aliphatic rings. The van der Waals surface area contributed by atoms with Gasteiger partial charge in [-0.3, -0.25) is 14.4 Å². The molecule has 2 N–H and O–H groups in total. The molecule has 0 unspecified atom stereocenters. The van der Waals surface area contributed by atoms with Crippen LogP contribution in [-0.4, -0.2) is 56.6 Å². The van der Waals surface area contributed by atoms with Gasteiger partial charge >= 0.3 is 6.18 Å². The fourth-order valence-corrected chi connectivity index (χ4v) is 4.26. The van der Waals surface area contributed by atoms with E-state index in [4.69, 9.17) is 0 Å². The Morgan fingerprint density at radius 2 is 1.94 bits per heavy atom. The Morgan fingerprint density at radius 3 is 2.57 bits per heavy atom. The Kier molecular flexibility index (Phi) is 6.65. The van der Waals surface area contributed by atoms with Crippen molar-refractivity contribution in [3.8, 4) is 0 Å². The second-order valence-corrected chi connectivity index (χ2v) is 9.18. The third-order valence-electron chi connectivity index (χ3n) is 6.10. The lowest BCUT2D eigenvalue weighted by atomic mass is 9.95. The number of aromatic nitrogens is 3. The highest BCUT2D eigenvalue weighted by Gasteiger charge is 2.33. The second kappa shape index (κ2) is 9.38. The smallest absolute Gasteiger partial charge is 0.386 e. The van der Waals surface area contributed by atoms with Crippen LogP contribution in [0.4, 0.5) is 18.9 Å². The predicted molar refractivity (Wildman–Crippen MR) is 123 cm³/mol. The third kappa shape index (κ3) is 5.51. The zero-order chi connectivity index (χ0) is 25.4. The van der Waals surface area contributed by atoms with Crippen molar-refractivity contribution in [3.63, 3.8) is 0 Å². The highest BCUT2D eigenvalue weighted by atomic mass is 19.4. The van der Waals surface area contributed by atoms with E-state index in [1.54, 1.807) is 26.0 Å². The van der Waals surface area contributed by atoms with Crippen molar-refractivity contribution in [1.82, 2.24) is 19.7 Å². The van der Waals surface area contributed by atoms with Gasteiger partial charge in [-0.05, 0) is 51.0 Å². The molecule has 0 radical (unpaired) electrons. The van der Waals surface area contributed by atoms with Gasteiger partial charge < -0.3 is 15.2 Å². The predicted octanol–water partition coefficient (Wildman–Crippen LogP) is 3.77. The van der Waals surface area contributed by atoms with E-state index in [2.05, 4.69) is 20.3 Å². The first kappa shape index (κ1) is 24.8. The summed E-state index contributed by atoms with van der Waals surface area (Å²) in [6.07, 6.45) is -0.283. The van der Waals surface area contributed by atoms with Crippen molar-refractivity contribution in [2.24, 2.45) is 0 Å². The van der Waals surface area contributed by atoms with Crippen LogP contribution in [0.3, 0.4) is 0 Å². The number of hydrogen-bond acceptors (Lipinski definition) is 6. The van der Waals surface area contributed by atoms with Crippen LogP contribution in [0.25, 0.3) is 10.9 Å². The van der Waals surface area contributed by atoms with Crippen LogP contribution in [0.1, 0.15) is 54.5 Å². The first-order valence-electron chi connectivity index (χ1n) is 11.2. The Bertz CT molecular complexity index is 1240. The van der Waals surface area contributed by atoms with Crippen LogP contribution in [0, 0.1) is 0 Å². The average molecular weight is 489 g/mol. The van der Waals surface area contributed by atoms with Gasteiger partial charge in [0.15, 0.2) is 0 Å². The average Bonchev–Trinajstić information content (AvgIpc) is 3.21. The summed E-state index contributed by atoms with van der Waals surface area (Å²) in [4.78, 5) is 29.0. The summed E-state index contributed by atoms with van der Waals surface area (Å²) in [6, 6.07) is 6.57. The minimum Gasteiger partial charge on any atom is -0.386 e. The molecule has 1 aromatic carbocycles. The first-order chi connectivity index (χ1) is 16.5. The number of hydrogen-bond donors (Lipinski definition) is 2. The number of rotatable bonds is 6. The minimum absolute atomic E-state index is 0.142. The number of pyridine rings is 1. The Labute approximate surface area is 199 Å². The zero-order valence-corrected chi connectivity index (χ0v) is 19.3. The number of aliphatic hydroxyl groups is 1. The van der Waals surface area contributed by atoms with Crippen molar-refractivity contribution in [3.05, 3.63) is 53.5 Å². The summed E-state index contributed by atoms with van der Waals surface area (Å²) in [5.74, 6) is -0.823. The van der Waals surface area contributed by atoms with Gasteiger partial charge in [-0.15, -0.1) is 0 Å². The van der Waals surface area contributed by atoms with Crippen LogP contribution >= 0.6 is 0 Å². The van der Waals surface area contributed by atoms with Crippen LogP contribution in [0.2, 0.25) is 0 Å². The van der Waals surface area contributed by atoms with Crippen molar-refractivity contribution in [2.75, 3.05) is 25.0 Å². The summed E-state index contributed by atoms with van der Waals surface area (Å²) < 4.78 is 40.9. The number of halogens is 3. The number of anilines is 1. The van der Waals surface area contributed by atoms with Crippen LogP contribution < -0.4 is 5.32 Å². The van der Waals surface area contributed by atoms with Crippen molar-refractivity contribution in [1.29, 1.82) is 0 Å². The van der Waals surface area contributed by atoms with Crippen LogP contribution in [-0.2, 0) is 16.6 Å². The Balaban J connectivity index is 1.63. The highest BCUT2D eigenvalue weighted by molar-refractivity contribution is 6.04. The van der Waals surface area contributed by atoms with E-state index < -0.39 is 23.4 Å². The lowest BCUT2D eigenvalue weighted by Crippen LogP contribution is -2.35. The summed E-state index contributed by atoms with van der Waals surface area (Å²) in [5, 5.41) is 18.7. The fourth-order valence-electron chi connectivity index (χ4n) is 4.26. The monoisotopic (exact) mass is 489 g/mol. The van der Waals surface area contributed by atoms with Crippen molar-refractivity contribution in [2.45, 2.75) is 44.5 Å². The number of fused-ring (bicyclic) bond motifs is 1. The number of carbonyl (C=O) groups excluding carboxylic acids is 2. The molecule has 0 atom stereocenters. The molecule has 0 bridgehead atoms. The molecule has 0 aliphatic carbocycles. The molecule has 11 heteroatoms.